The van der Waals surface area contributed by atoms with Crippen LogP contribution in [0.5, 0.6) is 0 Å². The second-order valence-electron chi connectivity index (χ2n) is 5.73. The van der Waals surface area contributed by atoms with Crippen molar-refractivity contribution in [3.8, 4) is 0 Å². The first-order valence-electron chi connectivity index (χ1n) is 7.33. The van der Waals surface area contributed by atoms with Crippen LogP contribution in [0, 0.1) is 0 Å². The smallest absolute Gasteiger partial charge is 0.0765 e. The number of likely N-dealkylation sites (N-methyl/N-ethyl adjacent to an activating group) is 1. The average molecular weight is 315 g/mol. The molecule has 0 bridgehead atoms. The first-order chi connectivity index (χ1) is 9.89. The molecule has 120 valence electrons. The lowest BCUT2D eigenvalue weighted by Gasteiger charge is -2.31. The summed E-state index contributed by atoms with van der Waals surface area (Å²) in [5.74, 6) is 0. The lowest BCUT2D eigenvalue weighted by molar-refractivity contribution is 0.0875. The number of methoxy groups -OCH3 is 1. The number of ether oxygens (including phenoxy) is 1. The number of anilines is 1. The number of hydrogen-bond acceptors (Lipinski definition) is 4. The van der Waals surface area contributed by atoms with E-state index in [0.717, 1.165) is 29.4 Å². The number of nitrogens with one attached hydrogen (secondary N) is 1. The molecule has 1 rings (SSSR count). The first kappa shape index (κ1) is 18.2. The van der Waals surface area contributed by atoms with E-state index in [4.69, 9.17) is 16.3 Å². The Morgan fingerprint density at radius 1 is 1.38 bits per heavy atom. The molecule has 1 aromatic carbocycles. The molecule has 0 spiro atoms. The van der Waals surface area contributed by atoms with Crippen molar-refractivity contribution in [2.75, 3.05) is 38.3 Å². The second kappa shape index (κ2) is 8.59. The van der Waals surface area contributed by atoms with Crippen molar-refractivity contribution in [3.05, 3.63) is 28.8 Å². The predicted molar refractivity (Wildman–Crippen MR) is 89.2 cm³/mol. The minimum absolute atomic E-state index is 0.564. The van der Waals surface area contributed by atoms with Gasteiger partial charge in [0.2, 0.25) is 0 Å². The molecule has 0 fully saturated rings. The average Bonchev–Trinajstić information content (AvgIpc) is 2.41. The summed E-state index contributed by atoms with van der Waals surface area (Å²) in [6.07, 6.45) is 0. The van der Waals surface area contributed by atoms with E-state index in [2.05, 4.69) is 23.2 Å². The summed E-state index contributed by atoms with van der Waals surface area (Å²) in [6.45, 7) is 9.22. The van der Waals surface area contributed by atoms with Crippen LogP contribution >= 0.6 is 11.6 Å². The molecular weight excluding hydrogens is 288 g/mol. The Kier molecular flexibility index (Phi) is 7.46. The Morgan fingerprint density at radius 2 is 2.10 bits per heavy atom. The van der Waals surface area contributed by atoms with Crippen molar-refractivity contribution < 1.29 is 9.84 Å². The van der Waals surface area contributed by atoms with E-state index < -0.39 is 5.60 Å². The van der Waals surface area contributed by atoms with Crippen molar-refractivity contribution >= 4 is 17.3 Å². The van der Waals surface area contributed by atoms with Crippen LogP contribution in [-0.4, -0.2) is 44.1 Å². The second-order valence-corrected chi connectivity index (χ2v) is 6.14. The highest BCUT2D eigenvalue weighted by Crippen LogP contribution is 2.28. The van der Waals surface area contributed by atoms with Gasteiger partial charge >= 0.3 is 0 Å². The largest absolute Gasteiger partial charge is 0.389 e. The van der Waals surface area contributed by atoms with Crippen LogP contribution in [0.15, 0.2) is 18.2 Å². The molecule has 0 amide bonds. The minimum Gasteiger partial charge on any atom is -0.389 e. The summed E-state index contributed by atoms with van der Waals surface area (Å²) in [6, 6.07) is 5.90. The van der Waals surface area contributed by atoms with E-state index >= 15 is 0 Å². The van der Waals surface area contributed by atoms with Crippen molar-refractivity contribution in [3.63, 3.8) is 0 Å². The van der Waals surface area contributed by atoms with Crippen LogP contribution in [0.25, 0.3) is 0 Å². The van der Waals surface area contributed by atoms with E-state index in [1.54, 1.807) is 7.11 Å². The molecule has 0 saturated carbocycles. The number of rotatable bonds is 9. The van der Waals surface area contributed by atoms with E-state index in [1.807, 2.05) is 26.0 Å². The maximum Gasteiger partial charge on any atom is 0.0765 e. The Balaban J connectivity index is 2.91. The van der Waals surface area contributed by atoms with Gasteiger partial charge in [0.25, 0.3) is 0 Å². The van der Waals surface area contributed by atoms with E-state index in [9.17, 15) is 5.11 Å². The molecule has 0 saturated heterocycles. The zero-order chi connectivity index (χ0) is 15.9. The monoisotopic (exact) mass is 314 g/mol. The van der Waals surface area contributed by atoms with Crippen molar-refractivity contribution in [1.29, 1.82) is 0 Å². The van der Waals surface area contributed by atoms with Gasteiger partial charge in [0, 0.05) is 49.6 Å². The third-order valence-electron chi connectivity index (χ3n) is 3.18. The standard InChI is InChI=1S/C16H27ClN2O2/c1-5-19(12-16(2,3)20)15-8-6-7-14(17)13(15)11-18-9-10-21-4/h6-8,18,20H,5,9-12H2,1-4H3. The van der Waals surface area contributed by atoms with E-state index in [-0.39, 0.29) is 0 Å². The van der Waals surface area contributed by atoms with Gasteiger partial charge in [-0.2, -0.15) is 0 Å². The molecule has 0 aromatic heterocycles. The van der Waals surface area contributed by atoms with Crippen molar-refractivity contribution in [1.82, 2.24) is 5.32 Å². The zero-order valence-corrected chi connectivity index (χ0v) is 14.2. The van der Waals surface area contributed by atoms with Gasteiger partial charge in [-0.3, -0.25) is 0 Å². The van der Waals surface area contributed by atoms with Gasteiger partial charge in [-0.05, 0) is 32.9 Å². The molecule has 2 N–H and O–H groups in total. The number of aliphatic hydroxyl groups is 1. The molecule has 1 aromatic rings. The molecule has 21 heavy (non-hydrogen) atoms. The number of halogens is 1. The van der Waals surface area contributed by atoms with E-state index in [1.165, 1.54) is 0 Å². The van der Waals surface area contributed by atoms with Crippen LogP contribution in [0.2, 0.25) is 5.02 Å². The highest BCUT2D eigenvalue weighted by Gasteiger charge is 2.20. The maximum absolute atomic E-state index is 10.1. The van der Waals surface area contributed by atoms with Gasteiger partial charge < -0.3 is 20.1 Å². The highest BCUT2D eigenvalue weighted by molar-refractivity contribution is 6.31. The highest BCUT2D eigenvalue weighted by atomic mass is 35.5. The van der Waals surface area contributed by atoms with Gasteiger partial charge in [-0.15, -0.1) is 0 Å². The van der Waals surface area contributed by atoms with Crippen LogP contribution in [-0.2, 0) is 11.3 Å². The SMILES string of the molecule is CCN(CC(C)(C)O)c1cccc(Cl)c1CNCCOC. The summed E-state index contributed by atoms with van der Waals surface area (Å²) in [4.78, 5) is 2.15. The van der Waals surface area contributed by atoms with Gasteiger partial charge in [-0.1, -0.05) is 17.7 Å². The quantitative estimate of drug-likeness (QED) is 0.688. The fourth-order valence-corrected chi connectivity index (χ4v) is 2.48. The Morgan fingerprint density at radius 3 is 2.67 bits per heavy atom. The summed E-state index contributed by atoms with van der Waals surface area (Å²) in [5.41, 5.74) is 1.37. The lowest BCUT2D eigenvalue weighted by atomic mass is 10.1. The fourth-order valence-electron chi connectivity index (χ4n) is 2.24. The molecule has 4 nitrogen and oxygen atoms in total. The molecule has 0 radical (unpaired) electrons. The first-order valence-corrected chi connectivity index (χ1v) is 7.71. The molecule has 5 heteroatoms. The molecule has 0 aliphatic rings. The summed E-state index contributed by atoms with van der Waals surface area (Å²) < 4.78 is 5.04. The predicted octanol–water partition coefficient (Wildman–Crippen LogP) is 2.67. The molecule has 0 atom stereocenters. The molecule has 0 aliphatic carbocycles. The summed E-state index contributed by atoms with van der Waals surface area (Å²) in [7, 11) is 1.69. The Labute approximate surface area is 133 Å². The number of benzene rings is 1. The summed E-state index contributed by atoms with van der Waals surface area (Å²) in [5, 5.41) is 14.1. The van der Waals surface area contributed by atoms with Crippen LogP contribution in [0.3, 0.4) is 0 Å². The van der Waals surface area contributed by atoms with Gasteiger partial charge in [0.15, 0.2) is 0 Å². The zero-order valence-electron chi connectivity index (χ0n) is 13.4. The summed E-state index contributed by atoms with van der Waals surface area (Å²) >= 11 is 6.35. The van der Waals surface area contributed by atoms with Crippen LogP contribution < -0.4 is 10.2 Å². The Bertz CT molecular complexity index is 433. The van der Waals surface area contributed by atoms with Gasteiger partial charge in [0.1, 0.15) is 0 Å². The third kappa shape index (κ3) is 6.22. The number of hydrogen-bond donors (Lipinski definition) is 2. The van der Waals surface area contributed by atoms with Gasteiger partial charge in [0.05, 0.1) is 12.2 Å². The molecular formula is C16H27ClN2O2. The van der Waals surface area contributed by atoms with Crippen molar-refractivity contribution in [2.24, 2.45) is 0 Å². The fraction of sp³-hybridized carbons (Fsp3) is 0.625. The molecule has 0 unspecified atom stereocenters. The molecule has 0 heterocycles. The topological polar surface area (TPSA) is 44.7 Å². The molecule has 0 aliphatic heterocycles. The lowest BCUT2D eigenvalue weighted by Crippen LogP contribution is -2.39. The maximum atomic E-state index is 10.1. The normalized spacial score (nSPS) is 11.7. The number of nitrogens with zero attached hydrogens (tertiary/aromatic N) is 1. The van der Waals surface area contributed by atoms with E-state index in [0.29, 0.717) is 19.7 Å². The van der Waals surface area contributed by atoms with Crippen molar-refractivity contribution in [2.45, 2.75) is 32.9 Å². The third-order valence-corrected chi connectivity index (χ3v) is 3.53. The van der Waals surface area contributed by atoms with Crippen LogP contribution in [0.4, 0.5) is 5.69 Å². The van der Waals surface area contributed by atoms with Crippen LogP contribution in [0.1, 0.15) is 26.3 Å². The van der Waals surface area contributed by atoms with Gasteiger partial charge in [-0.25, -0.2) is 0 Å². The Hall–Kier alpha value is -0.810. The minimum atomic E-state index is -0.751.